The van der Waals surface area contributed by atoms with E-state index >= 15 is 0 Å². The average molecular weight is 272 g/mol. The Balaban J connectivity index is 1.96. The quantitative estimate of drug-likeness (QED) is 0.449. The third kappa shape index (κ3) is 6.32. The molecule has 0 aliphatic carbocycles. The highest BCUT2D eigenvalue weighted by Crippen LogP contribution is 1.98. The van der Waals surface area contributed by atoms with E-state index in [9.17, 15) is 4.79 Å². The van der Waals surface area contributed by atoms with Gasteiger partial charge in [-0.15, -0.1) is 0 Å². The van der Waals surface area contributed by atoms with Crippen molar-refractivity contribution in [3.8, 4) is 0 Å². The van der Waals surface area contributed by atoms with Crippen molar-refractivity contribution < 1.29 is 23.7 Å². The third-order valence-corrected chi connectivity index (χ3v) is 2.29. The van der Waals surface area contributed by atoms with Gasteiger partial charge in [-0.3, -0.25) is 0 Å². The lowest BCUT2D eigenvalue weighted by molar-refractivity contribution is 0.00536. The highest BCUT2D eigenvalue weighted by Gasteiger charge is 2.10. The summed E-state index contributed by atoms with van der Waals surface area (Å²) in [5.74, 6) is -0.403. The fraction of sp³-hybridized carbons (Fsp3) is 0.667. The van der Waals surface area contributed by atoms with E-state index < -0.39 is 5.97 Å². The smallest absolute Gasteiger partial charge is 0.356 e. The molecule has 108 valence electrons. The summed E-state index contributed by atoms with van der Waals surface area (Å²) in [6, 6.07) is 0. The van der Waals surface area contributed by atoms with Crippen LogP contribution in [0.15, 0.2) is 12.5 Å². The summed E-state index contributed by atoms with van der Waals surface area (Å²) in [7, 11) is 3.36. The van der Waals surface area contributed by atoms with Gasteiger partial charge in [-0.2, -0.15) is 0 Å². The largest absolute Gasteiger partial charge is 0.459 e. The summed E-state index contributed by atoms with van der Waals surface area (Å²) in [5, 5.41) is 0. The van der Waals surface area contributed by atoms with Crippen molar-refractivity contribution in [3.05, 3.63) is 18.2 Å². The van der Waals surface area contributed by atoms with Crippen molar-refractivity contribution in [2.75, 3.05) is 46.8 Å². The molecule has 1 aromatic rings. The fourth-order valence-electron chi connectivity index (χ4n) is 1.29. The van der Waals surface area contributed by atoms with Gasteiger partial charge in [0.15, 0.2) is 0 Å². The molecule has 0 aliphatic heterocycles. The molecular formula is C12H20N2O5. The molecule has 19 heavy (non-hydrogen) atoms. The number of imidazole rings is 1. The monoisotopic (exact) mass is 272 g/mol. The van der Waals surface area contributed by atoms with Crippen LogP contribution in [0, 0.1) is 0 Å². The van der Waals surface area contributed by atoms with Gasteiger partial charge in [0.05, 0.1) is 45.6 Å². The topological polar surface area (TPSA) is 71.8 Å². The zero-order valence-corrected chi connectivity index (χ0v) is 11.3. The molecule has 1 aromatic heterocycles. The first-order valence-electron chi connectivity index (χ1n) is 6.03. The van der Waals surface area contributed by atoms with Gasteiger partial charge < -0.3 is 23.5 Å². The number of carbonyl (C=O) groups excluding carboxylic acids is 1. The molecule has 0 unspecified atom stereocenters. The zero-order chi connectivity index (χ0) is 13.9. The van der Waals surface area contributed by atoms with Crippen molar-refractivity contribution in [1.82, 2.24) is 9.55 Å². The van der Waals surface area contributed by atoms with Crippen molar-refractivity contribution in [2.24, 2.45) is 7.05 Å². The Labute approximate surface area is 112 Å². The van der Waals surface area contributed by atoms with E-state index in [1.54, 1.807) is 25.1 Å². The highest BCUT2D eigenvalue weighted by molar-refractivity contribution is 5.87. The average Bonchev–Trinajstić information content (AvgIpc) is 2.83. The SMILES string of the molecule is COCCOCCOCCOC(=O)c1cncn1C. The Morgan fingerprint density at radius 2 is 1.79 bits per heavy atom. The Hall–Kier alpha value is -1.44. The molecule has 0 saturated carbocycles. The maximum Gasteiger partial charge on any atom is 0.356 e. The first kappa shape index (κ1) is 15.6. The number of ether oxygens (including phenoxy) is 4. The van der Waals surface area contributed by atoms with Gasteiger partial charge in [-0.1, -0.05) is 0 Å². The van der Waals surface area contributed by atoms with E-state index in [1.807, 2.05) is 0 Å². The number of aryl methyl sites for hydroxylation is 1. The molecule has 1 heterocycles. The fourth-order valence-corrected chi connectivity index (χ4v) is 1.29. The van der Waals surface area contributed by atoms with Crippen molar-refractivity contribution in [3.63, 3.8) is 0 Å². The Morgan fingerprint density at radius 3 is 2.37 bits per heavy atom. The minimum absolute atomic E-state index is 0.210. The summed E-state index contributed by atoms with van der Waals surface area (Å²) >= 11 is 0. The van der Waals surface area contributed by atoms with Gasteiger partial charge in [0, 0.05) is 14.2 Å². The van der Waals surface area contributed by atoms with Crippen molar-refractivity contribution in [1.29, 1.82) is 0 Å². The molecule has 0 aliphatic rings. The zero-order valence-electron chi connectivity index (χ0n) is 11.3. The third-order valence-electron chi connectivity index (χ3n) is 2.29. The van der Waals surface area contributed by atoms with Crippen molar-refractivity contribution >= 4 is 5.97 Å². The van der Waals surface area contributed by atoms with Crippen LogP contribution in [-0.2, 0) is 26.0 Å². The summed E-state index contributed by atoms with van der Waals surface area (Å²) < 4.78 is 21.9. The molecule has 1 rings (SSSR count). The predicted molar refractivity (Wildman–Crippen MR) is 67.0 cm³/mol. The van der Waals surface area contributed by atoms with E-state index in [-0.39, 0.29) is 6.61 Å². The van der Waals surface area contributed by atoms with Crippen LogP contribution in [-0.4, -0.2) is 62.3 Å². The minimum atomic E-state index is -0.403. The molecule has 0 spiro atoms. The number of hydrogen-bond acceptors (Lipinski definition) is 6. The number of aromatic nitrogens is 2. The molecule has 0 amide bonds. The van der Waals surface area contributed by atoms with Crippen LogP contribution in [0.5, 0.6) is 0 Å². The van der Waals surface area contributed by atoms with Crippen LogP contribution in [0.2, 0.25) is 0 Å². The van der Waals surface area contributed by atoms with E-state index in [0.29, 0.717) is 38.7 Å². The van der Waals surface area contributed by atoms with E-state index in [4.69, 9.17) is 18.9 Å². The Bertz CT molecular complexity index is 367. The van der Waals surface area contributed by atoms with E-state index in [0.717, 1.165) is 0 Å². The number of hydrogen-bond donors (Lipinski definition) is 0. The molecule has 7 nitrogen and oxygen atoms in total. The standard InChI is InChI=1S/C12H20N2O5/c1-14-10-13-9-11(14)12(15)19-8-7-18-6-5-17-4-3-16-2/h9-10H,3-8H2,1-2H3. The lowest BCUT2D eigenvalue weighted by Gasteiger charge is -2.07. The predicted octanol–water partition coefficient (Wildman–Crippen LogP) is 0.256. The molecule has 0 N–H and O–H groups in total. The Kier molecular flexibility index (Phi) is 7.80. The van der Waals surface area contributed by atoms with Crippen LogP contribution in [0.3, 0.4) is 0 Å². The second kappa shape index (κ2) is 9.48. The van der Waals surface area contributed by atoms with Gasteiger partial charge in [-0.05, 0) is 0 Å². The second-order valence-corrected chi connectivity index (χ2v) is 3.74. The van der Waals surface area contributed by atoms with Gasteiger partial charge in [-0.25, -0.2) is 9.78 Å². The number of rotatable bonds is 10. The van der Waals surface area contributed by atoms with E-state index in [2.05, 4.69) is 4.98 Å². The summed E-state index contributed by atoms with van der Waals surface area (Å²) in [4.78, 5) is 15.4. The molecule has 0 atom stereocenters. The normalized spacial score (nSPS) is 10.6. The minimum Gasteiger partial charge on any atom is -0.459 e. The second-order valence-electron chi connectivity index (χ2n) is 3.74. The number of esters is 1. The van der Waals surface area contributed by atoms with Crippen LogP contribution in [0.1, 0.15) is 10.5 Å². The molecule has 0 saturated heterocycles. The lowest BCUT2D eigenvalue weighted by Crippen LogP contribution is -2.15. The van der Waals surface area contributed by atoms with E-state index in [1.165, 1.54) is 6.20 Å². The molecule has 0 aromatic carbocycles. The van der Waals surface area contributed by atoms with Gasteiger partial charge >= 0.3 is 5.97 Å². The highest BCUT2D eigenvalue weighted by atomic mass is 16.6. The van der Waals surface area contributed by atoms with Gasteiger partial charge in [0.2, 0.25) is 0 Å². The maximum absolute atomic E-state index is 11.6. The number of carbonyl (C=O) groups is 1. The summed E-state index contributed by atoms with van der Waals surface area (Å²) in [6.07, 6.45) is 3.01. The van der Waals surface area contributed by atoms with Crippen LogP contribution >= 0.6 is 0 Å². The van der Waals surface area contributed by atoms with Crippen molar-refractivity contribution in [2.45, 2.75) is 0 Å². The van der Waals surface area contributed by atoms with Gasteiger partial charge in [0.1, 0.15) is 12.3 Å². The van der Waals surface area contributed by atoms with Crippen LogP contribution in [0.4, 0.5) is 0 Å². The molecule has 0 bridgehead atoms. The van der Waals surface area contributed by atoms with Crippen LogP contribution < -0.4 is 0 Å². The molecule has 0 radical (unpaired) electrons. The number of methoxy groups -OCH3 is 1. The number of nitrogens with zero attached hydrogens (tertiary/aromatic N) is 2. The molecule has 7 heteroatoms. The summed E-state index contributed by atoms with van der Waals surface area (Å²) in [6.45, 7) is 2.64. The Morgan fingerprint density at radius 1 is 1.16 bits per heavy atom. The van der Waals surface area contributed by atoms with Gasteiger partial charge in [0.25, 0.3) is 0 Å². The summed E-state index contributed by atoms with van der Waals surface area (Å²) in [5.41, 5.74) is 0.419. The maximum atomic E-state index is 11.6. The lowest BCUT2D eigenvalue weighted by atomic mass is 10.5. The first-order chi connectivity index (χ1) is 9.25. The van der Waals surface area contributed by atoms with Crippen LogP contribution in [0.25, 0.3) is 0 Å². The molecular weight excluding hydrogens is 252 g/mol. The first-order valence-corrected chi connectivity index (χ1v) is 6.03. The molecule has 0 fully saturated rings.